The van der Waals surface area contributed by atoms with E-state index in [1.807, 2.05) is 68.4 Å². The summed E-state index contributed by atoms with van der Waals surface area (Å²) in [5.41, 5.74) is 2.62. The number of hydrogen-bond acceptors (Lipinski definition) is 4. The first-order chi connectivity index (χ1) is 16.3. The van der Waals surface area contributed by atoms with E-state index in [9.17, 15) is 14.4 Å². The zero-order valence-corrected chi connectivity index (χ0v) is 19.3. The molecule has 0 unspecified atom stereocenters. The Morgan fingerprint density at radius 1 is 1.00 bits per heavy atom. The Morgan fingerprint density at radius 2 is 1.71 bits per heavy atom. The number of ketones is 1. The second-order valence-corrected chi connectivity index (χ2v) is 8.87. The number of benzene rings is 2. The number of carbonyl (C=O) groups is 3. The van der Waals surface area contributed by atoms with Crippen LogP contribution in [0, 0.1) is 13.8 Å². The highest BCUT2D eigenvalue weighted by atomic mass is 16.3. The number of aryl methyl sites for hydroxylation is 1. The predicted molar refractivity (Wildman–Crippen MR) is 128 cm³/mol. The van der Waals surface area contributed by atoms with Gasteiger partial charge in [0.15, 0.2) is 11.3 Å². The van der Waals surface area contributed by atoms with Gasteiger partial charge >= 0.3 is 6.03 Å². The normalized spacial score (nSPS) is 18.0. The van der Waals surface area contributed by atoms with Gasteiger partial charge in [0.25, 0.3) is 5.91 Å². The highest BCUT2D eigenvalue weighted by Gasteiger charge is 2.51. The number of hydrogen-bond donors (Lipinski definition) is 1. The molecule has 7 nitrogen and oxygen atoms in total. The Labute approximate surface area is 197 Å². The number of para-hydroxylation sites is 1. The molecule has 1 aliphatic heterocycles. The third-order valence-corrected chi connectivity index (χ3v) is 6.55. The summed E-state index contributed by atoms with van der Waals surface area (Å²) in [6.07, 6.45) is 0. The van der Waals surface area contributed by atoms with Gasteiger partial charge in [-0.05, 0) is 44.5 Å². The lowest BCUT2D eigenvalue weighted by atomic mass is 9.98. The van der Waals surface area contributed by atoms with Crippen LogP contribution < -0.4 is 5.32 Å². The second-order valence-electron chi connectivity index (χ2n) is 8.87. The van der Waals surface area contributed by atoms with Crippen LogP contribution in [-0.4, -0.2) is 33.7 Å². The smallest absolute Gasteiger partial charge is 0.325 e. The fourth-order valence-corrected chi connectivity index (χ4v) is 4.56. The Hall–Kier alpha value is -4.13. The summed E-state index contributed by atoms with van der Waals surface area (Å²) >= 11 is 0. The molecule has 1 fully saturated rings. The number of amides is 3. The fraction of sp³-hybridized carbons (Fsp3) is 0.222. The average molecular weight is 456 g/mol. The molecule has 1 N–H and O–H groups in total. The summed E-state index contributed by atoms with van der Waals surface area (Å²) in [6.45, 7) is 5.73. The lowest BCUT2D eigenvalue weighted by molar-refractivity contribution is -0.131. The van der Waals surface area contributed by atoms with Crippen molar-refractivity contribution in [2.75, 3.05) is 6.54 Å². The third-order valence-electron chi connectivity index (χ3n) is 6.55. The van der Waals surface area contributed by atoms with E-state index in [-0.39, 0.29) is 12.3 Å². The van der Waals surface area contributed by atoms with Crippen LogP contribution in [0.2, 0.25) is 0 Å². The van der Waals surface area contributed by atoms with Gasteiger partial charge in [-0.1, -0.05) is 48.5 Å². The first-order valence-electron chi connectivity index (χ1n) is 11.1. The van der Waals surface area contributed by atoms with Crippen LogP contribution in [0.1, 0.15) is 40.0 Å². The van der Waals surface area contributed by atoms with E-state index in [1.165, 1.54) is 0 Å². The van der Waals surface area contributed by atoms with Crippen LogP contribution in [0.3, 0.4) is 0 Å². The number of rotatable bonds is 6. The van der Waals surface area contributed by atoms with Crippen LogP contribution in [0.15, 0.2) is 71.1 Å². The van der Waals surface area contributed by atoms with Crippen molar-refractivity contribution in [3.8, 4) is 0 Å². The van der Waals surface area contributed by atoms with Crippen LogP contribution in [-0.2, 0) is 16.9 Å². The molecule has 0 bridgehead atoms. The molecule has 172 valence electrons. The van der Waals surface area contributed by atoms with Gasteiger partial charge in [0.05, 0.1) is 6.54 Å². The van der Waals surface area contributed by atoms with Gasteiger partial charge in [-0.25, -0.2) is 4.79 Å². The van der Waals surface area contributed by atoms with Crippen molar-refractivity contribution < 1.29 is 18.8 Å². The minimum atomic E-state index is -1.37. The van der Waals surface area contributed by atoms with Gasteiger partial charge in [-0.15, -0.1) is 0 Å². The van der Waals surface area contributed by atoms with E-state index in [1.54, 1.807) is 19.1 Å². The molecule has 2 aromatic carbocycles. The zero-order valence-electron chi connectivity index (χ0n) is 19.3. The number of imide groups is 1. The molecule has 3 amide bonds. The first kappa shape index (κ1) is 21.7. The standard InChI is InChI=1S/C27H25N3O4/c1-17-13-21(18(2)29(17)15-19-9-5-4-6-10-19)22(31)16-30-25(32)27(3,28-26(30)33)24-14-20-11-7-8-12-23(20)34-24/h4-14H,15-16H2,1-3H3,(H,28,33)/t27-/m0/s1. The van der Waals surface area contributed by atoms with Crippen LogP contribution >= 0.6 is 0 Å². The van der Waals surface area contributed by atoms with E-state index in [0.717, 1.165) is 27.2 Å². The number of fused-ring (bicyclic) bond motifs is 1. The molecule has 0 aliphatic carbocycles. The molecule has 7 heteroatoms. The quantitative estimate of drug-likeness (QED) is 0.342. The number of Topliss-reactive ketones (excluding diaryl/α,β-unsaturated/α-hetero) is 1. The highest BCUT2D eigenvalue weighted by molar-refractivity contribution is 6.11. The van der Waals surface area contributed by atoms with Crippen molar-refractivity contribution in [2.45, 2.75) is 32.9 Å². The molecule has 1 atom stereocenters. The maximum Gasteiger partial charge on any atom is 0.325 e. The van der Waals surface area contributed by atoms with E-state index in [4.69, 9.17) is 4.42 Å². The Balaban J connectivity index is 1.38. The zero-order chi connectivity index (χ0) is 24.0. The Kier molecular flexibility index (Phi) is 5.12. The predicted octanol–water partition coefficient (Wildman–Crippen LogP) is 4.55. The lowest BCUT2D eigenvalue weighted by Gasteiger charge is -2.18. The van der Waals surface area contributed by atoms with Gasteiger partial charge in [0, 0.05) is 28.9 Å². The van der Waals surface area contributed by atoms with Crippen molar-refractivity contribution in [1.82, 2.24) is 14.8 Å². The summed E-state index contributed by atoms with van der Waals surface area (Å²) < 4.78 is 7.92. The molecule has 34 heavy (non-hydrogen) atoms. The summed E-state index contributed by atoms with van der Waals surface area (Å²) in [4.78, 5) is 40.2. The summed E-state index contributed by atoms with van der Waals surface area (Å²) in [5.74, 6) is -0.462. The summed E-state index contributed by atoms with van der Waals surface area (Å²) in [7, 11) is 0. The third kappa shape index (κ3) is 3.50. The molecule has 5 rings (SSSR count). The molecular weight excluding hydrogens is 430 g/mol. The summed E-state index contributed by atoms with van der Waals surface area (Å²) in [6, 6.07) is 20.3. The first-order valence-corrected chi connectivity index (χ1v) is 11.1. The minimum absolute atomic E-state index is 0.287. The Bertz CT molecular complexity index is 1400. The number of nitrogens with one attached hydrogen (secondary N) is 1. The second kappa shape index (κ2) is 8.02. The van der Waals surface area contributed by atoms with Gasteiger partial charge in [-0.2, -0.15) is 0 Å². The van der Waals surface area contributed by atoms with Crippen molar-refractivity contribution in [2.24, 2.45) is 0 Å². The molecule has 3 heterocycles. The number of carbonyl (C=O) groups excluding carboxylic acids is 3. The van der Waals surface area contributed by atoms with E-state index in [2.05, 4.69) is 9.88 Å². The van der Waals surface area contributed by atoms with Crippen molar-refractivity contribution in [1.29, 1.82) is 0 Å². The van der Waals surface area contributed by atoms with E-state index < -0.39 is 17.5 Å². The summed E-state index contributed by atoms with van der Waals surface area (Å²) in [5, 5.41) is 3.55. The van der Waals surface area contributed by atoms with Crippen LogP contribution in [0.25, 0.3) is 11.0 Å². The van der Waals surface area contributed by atoms with E-state index in [0.29, 0.717) is 23.5 Å². The SMILES string of the molecule is Cc1cc(C(=O)CN2C(=O)N[C@@](C)(c3cc4ccccc4o3)C2=O)c(C)n1Cc1ccccc1. The highest BCUT2D eigenvalue weighted by Crippen LogP contribution is 2.33. The minimum Gasteiger partial charge on any atom is -0.458 e. The van der Waals surface area contributed by atoms with Crippen molar-refractivity contribution in [3.63, 3.8) is 0 Å². The molecule has 0 saturated carbocycles. The van der Waals surface area contributed by atoms with Gasteiger partial charge in [0.1, 0.15) is 11.3 Å². The van der Waals surface area contributed by atoms with Crippen molar-refractivity contribution >= 4 is 28.7 Å². The maximum absolute atomic E-state index is 13.3. The molecule has 2 aromatic heterocycles. The molecule has 4 aromatic rings. The van der Waals surface area contributed by atoms with Gasteiger partial charge < -0.3 is 14.3 Å². The number of nitrogens with zero attached hydrogens (tertiary/aromatic N) is 2. The maximum atomic E-state index is 13.3. The van der Waals surface area contributed by atoms with Crippen LogP contribution in [0.5, 0.6) is 0 Å². The largest absolute Gasteiger partial charge is 0.458 e. The monoisotopic (exact) mass is 455 g/mol. The molecule has 0 radical (unpaired) electrons. The average Bonchev–Trinajstić information content (AvgIpc) is 3.45. The molecule has 1 saturated heterocycles. The van der Waals surface area contributed by atoms with Crippen LogP contribution in [0.4, 0.5) is 4.79 Å². The number of urea groups is 1. The lowest BCUT2D eigenvalue weighted by Crippen LogP contribution is -2.41. The van der Waals surface area contributed by atoms with Gasteiger partial charge in [0.2, 0.25) is 0 Å². The van der Waals surface area contributed by atoms with E-state index >= 15 is 0 Å². The van der Waals surface area contributed by atoms with Crippen molar-refractivity contribution in [3.05, 3.63) is 95.0 Å². The fourth-order valence-electron chi connectivity index (χ4n) is 4.56. The topological polar surface area (TPSA) is 84.6 Å². The number of aromatic nitrogens is 1. The molecule has 0 spiro atoms. The van der Waals surface area contributed by atoms with Gasteiger partial charge in [-0.3, -0.25) is 14.5 Å². The molecule has 1 aliphatic rings. The number of furan rings is 1. The Morgan fingerprint density at radius 3 is 2.44 bits per heavy atom. The molecular formula is C27H25N3O4.